The van der Waals surface area contributed by atoms with Gasteiger partial charge in [-0.2, -0.15) is 5.11 Å². The molecule has 0 aliphatic rings. The Hall–Kier alpha value is -3.02. The zero-order valence-corrected chi connectivity index (χ0v) is 11.3. The van der Waals surface area contributed by atoms with Crippen molar-refractivity contribution >= 4 is 28.0 Å². The maximum absolute atomic E-state index is 10.6. The number of nitro benzene ring substituents is 1. The lowest BCUT2D eigenvalue weighted by molar-refractivity contribution is -0.384. The molecule has 1 aromatic heterocycles. The van der Waals surface area contributed by atoms with Crippen molar-refractivity contribution in [2.75, 3.05) is 0 Å². The number of rotatable bonds is 3. The first-order chi connectivity index (χ1) is 10.1. The zero-order valence-electron chi connectivity index (χ0n) is 11.3. The molecule has 21 heavy (non-hydrogen) atoms. The summed E-state index contributed by atoms with van der Waals surface area (Å²) in [5.41, 5.74) is 3.33. The van der Waals surface area contributed by atoms with Crippen molar-refractivity contribution in [1.82, 2.24) is 4.98 Å². The molecule has 0 spiro atoms. The molecule has 104 valence electrons. The molecule has 3 aromatic rings. The van der Waals surface area contributed by atoms with Crippen LogP contribution in [0.3, 0.4) is 0 Å². The number of fused-ring (bicyclic) bond motifs is 1. The zero-order chi connectivity index (χ0) is 14.8. The van der Waals surface area contributed by atoms with E-state index in [-0.39, 0.29) is 5.69 Å². The summed E-state index contributed by atoms with van der Waals surface area (Å²) in [7, 11) is 0. The van der Waals surface area contributed by atoms with Gasteiger partial charge in [0.2, 0.25) is 0 Å². The highest BCUT2D eigenvalue weighted by atomic mass is 16.6. The Bertz CT molecular complexity index is 835. The average molecular weight is 280 g/mol. The van der Waals surface area contributed by atoms with Gasteiger partial charge in [-0.1, -0.05) is 18.2 Å². The van der Waals surface area contributed by atoms with Crippen LogP contribution in [0.4, 0.5) is 17.1 Å². The Morgan fingerprint density at radius 1 is 1.05 bits per heavy atom. The van der Waals surface area contributed by atoms with E-state index >= 15 is 0 Å². The van der Waals surface area contributed by atoms with Gasteiger partial charge in [-0.15, -0.1) is 5.11 Å². The fourth-order valence-electron chi connectivity index (χ4n) is 2.14. The van der Waals surface area contributed by atoms with Crippen molar-refractivity contribution < 1.29 is 4.92 Å². The van der Waals surface area contributed by atoms with Crippen molar-refractivity contribution in [2.45, 2.75) is 6.92 Å². The molecule has 0 aliphatic heterocycles. The Balaban J connectivity index is 1.94. The van der Waals surface area contributed by atoms with E-state index in [1.165, 1.54) is 12.1 Å². The van der Waals surface area contributed by atoms with Gasteiger partial charge >= 0.3 is 0 Å². The molecule has 3 rings (SSSR count). The third kappa shape index (κ3) is 2.51. The Kier molecular flexibility index (Phi) is 3.19. The van der Waals surface area contributed by atoms with E-state index < -0.39 is 4.92 Å². The smallest absolute Gasteiger partial charge is 0.269 e. The number of aromatic amines is 1. The SMILES string of the molecule is Cc1[nH]c2ccccc2c1N=Nc1ccc([N+](=O)[O-])cc1. The number of hydrogen-bond acceptors (Lipinski definition) is 4. The van der Waals surface area contributed by atoms with Gasteiger partial charge in [-0.25, -0.2) is 0 Å². The number of para-hydroxylation sites is 1. The minimum absolute atomic E-state index is 0.0391. The number of aryl methyl sites for hydroxylation is 1. The Morgan fingerprint density at radius 2 is 1.76 bits per heavy atom. The van der Waals surface area contributed by atoms with Crippen LogP contribution in [-0.4, -0.2) is 9.91 Å². The van der Waals surface area contributed by atoms with E-state index in [0.717, 1.165) is 22.3 Å². The second-order valence-electron chi connectivity index (χ2n) is 4.62. The third-order valence-electron chi connectivity index (χ3n) is 3.19. The lowest BCUT2D eigenvalue weighted by Crippen LogP contribution is -1.85. The van der Waals surface area contributed by atoms with E-state index in [1.54, 1.807) is 12.1 Å². The number of nitro groups is 1. The fourth-order valence-corrected chi connectivity index (χ4v) is 2.14. The number of azo groups is 1. The quantitative estimate of drug-likeness (QED) is 0.424. The summed E-state index contributed by atoms with van der Waals surface area (Å²) in [6.45, 7) is 1.93. The molecule has 0 atom stereocenters. The molecule has 0 aliphatic carbocycles. The number of H-pyrrole nitrogens is 1. The van der Waals surface area contributed by atoms with Crippen LogP contribution in [0.1, 0.15) is 5.69 Å². The van der Waals surface area contributed by atoms with Crippen LogP contribution in [0.15, 0.2) is 58.8 Å². The Labute approximate surface area is 120 Å². The van der Waals surface area contributed by atoms with Gasteiger partial charge < -0.3 is 4.98 Å². The van der Waals surface area contributed by atoms with Gasteiger partial charge in [0.15, 0.2) is 0 Å². The van der Waals surface area contributed by atoms with Gasteiger partial charge in [0.1, 0.15) is 5.69 Å². The summed E-state index contributed by atoms with van der Waals surface area (Å²) < 4.78 is 0. The highest BCUT2D eigenvalue weighted by Gasteiger charge is 2.07. The number of non-ortho nitro benzene ring substituents is 1. The van der Waals surface area contributed by atoms with Crippen LogP contribution >= 0.6 is 0 Å². The van der Waals surface area contributed by atoms with E-state index in [1.807, 2.05) is 31.2 Å². The third-order valence-corrected chi connectivity index (χ3v) is 3.19. The van der Waals surface area contributed by atoms with Crippen LogP contribution in [0.25, 0.3) is 10.9 Å². The van der Waals surface area contributed by atoms with Gasteiger partial charge in [0.05, 0.1) is 10.6 Å². The fraction of sp³-hybridized carbons (Fsp3) is 0.0667. The van der Waals surface area contributed by atoms with E-state index in [9.17, 15) is 10.1 Å². The standard InChI is InChI=1S/C15H12N4O2/c1-10-15(13-4-2-3-5-14(13)16-10)18-17-11-6-8-12(9-7-11)19(20)21/h2-9,16H,1H3. The van der Waals surface area contributed by atoms with Crippen LogP contribution in [-0.2, 0) is 0 Å². The molecule has 0 unspecified atom stereocenters. The second-order valence-corrected chi connectivity index (χ2v) is 4.62. The molecule has 1 N–H and O–H groups in total. The predicted molar refractivity (Wildman–Crippen MR) is 80.3 cm³/mol. The second kappa shape index (κ2) is 5.16. The number of aromatic nitrogens is 1. The van der Waals surface area contributed by atoms with E-state index in [4.69, 9.17) is 0 Å². The average Bonchev–Trinajstić information content (AvgIpc) is 2.81. The molecule has 6 nitrogen and oxygen atoms in total. The molecule has 1 heterocycles. The van der Waals surface area contributed by atoms with E-state index in [2.05, 4.69) is 15.2 Å². The van der Waals surface area contributed by atoms with Gasteiger partial charge in [-0.3, -0.25) is 10.1 Å². The topological polar surface area (TPSA) is 83.6 Å². The summed E-state index contributed by atoms with van der Waals surface area (Å²) >= 11 is 0. The molecule has 0 saturated carbocycles. The lowest BCUT2D eigenvalue weighted by atomic mass is 10.2. The summed E-state index contributed by atoms with van der Waals surface area (Å²) in [5, 5.41) is 20.0. The van der Waals surface area contributed by atoms with Gasteiger partial charge in [0.25, 0.3) is 5.69 Å². The monoisotopic (exact) mass is 280 g/mol. The van der Waals surface area contributed by atoms with Crippen molar-refractivity contribution in [2.24, 2.45) is 10.2 Å². The van der Waals surface area contributed by atoms with Crippen molar-refractivity contribution in [3.63, 3.8) is 0 Å². The molecule has 0 saturated heterocycles. The summed E-state index contributed by atoms with van der Waals surface area (Å²) in [4.78, 5) is 13.4. The first-order valence-corrected chi connectivity index (χ1v) is 6.38. The molecular formula is C15H12N4O2. The molecular weight excluding hydrogens is 268 g/mol. The largest absolute Gasteiger partial charge is 0.357 e. The highest BCUT2D eigenvalue weighted by Crippen LogP contribution is 2.31. The number of hydrogen-bond donors (Lipinski definition) is 1. The maximum Gasteiger partial charge on any atom is 0.269 e. The van der Waals surface area contributed by atoms with Crippen LogP contribution in [0.2, 0.25) is 0 Å². The number of nitrogens with zero attached hydrogens (tertiary/aromatic N) is 3. The van der Waals surface area contributed by atoms with Gasteiger partial charge in [-0.05, 0) is 25.1 Å². The molecule has 0 bridgehead atoms. The lowest BCUT2D eigenvalue weighted by Gasteiger charge is -1.94. The first-order valence-electron chi connectivity index (χ1n) is 6.38. The summed E-state index contributed by atoms with van der Waals surface area (Å²) in [6, 6.07) is 13.8. The summed E-state index contributed by atoms with van der Waals surface area (Å²) in [6.07, 6.45) is 0. The molecule has 0 amide bonds. The minimum atomic E-state index is -0.440. The molecule has 0 radical (unpaired) electrons. The van der Waals surface area contributed by atoms with Crippen LogP contribution in [0.5, 0.6) is 0 Å². The van der Waals surface area contributed by atoms with Crippen LogP contribution in [0, 0.1) is 17.0 Å². The van der Waals surface area contributed by atoms with E-state index in [0.29, 0.717) is 5.69 Å². The van der Waals surface area contributed by atoms with Crippen LogP contribution < -0.4 is 0 Å². The molecule has 0 fully saturated rings. The minimum Gasteiger partial charge on any atom is -0.357 e. The maximum atomic E-state index is 10.6. The number of nitrogens with one attached hydrogen (secondary N) is 1. The van der Waals surface area contributed by atoms with Gasteiger partial charge in [0, 0.05) is 28.7 Å². The molecule has 6 heteroatoms. The van der Waals surface area contributed by atoms with Crippen molar-refractivity contribution in [1.29, 1.82) is 0 Å². The van der Waals surface area contributed by atoms with Crippen molar-refractivity contribution in [3.05, 3.63) is 64.3 Å². The molecule has 2 aromatic carbocycles. The summed E-state index contributed by atoms with van der Waals surface area (Å²) in [5.74, 6) is 0. The number of benzene rings is 2. The van der Waals surface area contributed by atoms with Crippen molar-refractivity contribution in [3.8, 4) is 0 Å². The highest BCUT2D eigenvalue weighted by molar-refractivity contribution is 5.92. The Morgan fingerprint density at radius 3 is 2.48 bits per heavy atom. The normalized spacial score (nSPS) is 11.3. The first kappa shape index (κ1) is 13.0. The predicted octanol–water partition coefficient (Wildman–Crippen LogP) is 4.80.